The van der Waals surface area contributed by atoms with Crippen LogP contribution in [0.15, 0.2) is 4.99 Å². The van der Waals surface area contributed by atoms with E-state index in [1.807, 2.05) is 0 Å². The van der Waals surface area contributed by atoms with Gasteiger partial charge < -0.3 is 15.4 Å². The van der Waals surface area contributed by atoms with E-state index in [0.29, 0.717) is 0 Å². The van der Waals surface area contributed by atoms with E-state index >= 15 is 0 Å². The minimum Gasteiger partial charge on any atom is -0.380 e. The van der Waals surface area contributed by atoms with Crippen molar-refractivity contribution >= 4 is 5.96 Å². The molecule has 0 aliphatic carbocycles. The predicted octanol–water partition coefficient (Wildman–Crippen LogP) is 3.18. The molecule has 1 heterocycles. The van der Waals surface area contributed by atoms with Crippen LogP contribution < -0.4 is 10.6 Å². The summed E-state index contributed by atoms with van der Waals surface area (Å²) in [6, 6.07) is 0. The summed E-state index contributed by atoms with van der Waals surface area (Å²) in [7, 11) is 0. The number of nitrogens with one attached hydrogen (secondary N) is 2. The average molecular weight is 297 g/mol. The fraction of sp³-hybridized carbons (Fsp3) is 0.941. The molecule has 1 saturated heterocycles. The molecule has 0 saturated carbocycles. The smallest absolute Gasteiger partial charge is 0.191 e. The Morgan fingerprint density at radius 3 is 2.43 bits per heavy atom. The molecule has 1 aliphatic rings. The van der Waals surface area contributed by atoms with Crippen molar-refractivity contribution in [2.75, 3.05) is 32.8 Å². The van der Waals surface area contributed by atoms with Crippen LogP contribution in [0.5, 0.6) is 0 Å². The van der Waals surface area contributed by atoms with Crippen LogP contribution in [-0.4, -0.2) is 38.8 Å². The van der Waals surface area contributed by atoms with Crippen LogP contribution in [0.4, 0.5) is 0 Å². The van der Waals surface area contributed by atoms with Crippen molar-refractivity contribution in [1.82, 2.24) is 10.6 Å². The fourth-order valence-corrected chi connectivity index (χ4v) is 2.42. The molecule has 21 heavy (non-hydrogen) atoms. The third-order valence-electron chi connectivity index (χ3n) is 4.05. The molecule has 0 aromatic carbocycles. The van der Waals surface area contributed by atoms with Gasteiger partial charge in [0.05, 0.1) is 13.2 Å². The average Bonchev–Trinajstić information content (AvgIpc) is 2.40. The number of ether oxygens (including phenoxy) is 1. The summed E-state index contributed by atoms with van der Waals surface area (Å²) in [6.45, 7) is 15.6. The zero-order valence-corrected chi connectivity index (χ0v) is 14.7. The first kappa shape index (κ1) is 18.3. The minimum absolute atomic E-state index is 0.271. The Morgan fingerprint density at radius 2 is 1.90 bits per heavy atom. The Morgan fingerprint density at radius 1 is 1.19 bits per heavy atom. The van der Waals surface area contributed by atoms with Gasteiger partial charge in [-0.3, -0.25) is 4.99 Å². The van der Waals surface area contributed by atoms with E-state index in [0.717, 1.165) is 38.8 Å². The maximum atomic E-state index is 5.30. The molecule has 0 spiro atoms. The second-order valence-electron chi connectivity index (χ2n) is 7.47. The standard InChI is InChI=1S/C17H35N3O/c1-6-8-9-10-16(3,4)11-19-15(18-7-2)20-12-17(5)13-21-14-17/h6-14H2,1-5H3,(H2,18,19,20). The van der Waals surface area contributed by atoms with E-state index in [-0.39, 0.29) is 10.8 Å². The Kier molecular flexibility index (Phi) is 7.50. The molecule has 0 bridgehead atoms. The van der Waals surface area contributed by atoms with Crippen molar-refractivity contribution in [1.29, 1.82) is 0 Å². The summed E-state index contributed by atoms with van der Waals surface area (Å²) in [6.07, 6.45) is 5.15. The van der Waals surface area contributed by atoms with E-state index in [1.54, 1.807) is 0 Å². The molecule has 0 aromatic heterocycles. The monoisotopic (exact) mass is 297 g/mol. The number of unbranched alkanes of at least 4 members (excludes halogenated alkanes) is 2. The Labute approximate surface area is 131 Å². The van der Waals surface area contributed by atoms with Gasteiger partial charge in [-0.05, 0) is 18.8 Å². The first-order chi connectivity index (χ1) is 9.91. The van der Waals surface area contributed by atoms with Gasteiger partial charge in [0.2, 0.25) is 0 Å². The second kappa shape index (κ2) is 8.62. The predicted molar refractivity (Wildman–Crippen MR) is 90.8 cm³/mol. The molecule has 1 fully saturated rings. The summed E-state index contributed by atoms with van der Waals surface area (Å²) in [5.74, 6) is 0.939. The van der Waals surface area contributed by atoms with Crippen LogP contribution in [0.3, 0.4) is 0 Å². The highest BCUT2D eigenvalue weighted by Crippen LogP contribution is 2.25. The molecular formula is C17H35N3O. The molecule has 0 atom stereocenters. The molecular weight excluding hydrogens is 262 g/mol. The van der Waals surface area contributed by atoms with Crippen LogP contribution in [0, 0.1) is 10.8 Å². The van der Waals surface area contributed by atoms with Gasteiger partial charge in [0.15, 0.2) is 5.96 Å². The van der Waals surface area contributed by atoms with Crippen LogP contribution in [-0.2, 0) is 4.74 Å². The number of rotatable bonds is 9. The van der Waals surface area contributed by atoms with Crippen LogP contribution in [0.2, 0.25) is 0 Å². The Balaban J connectivity index is 2.42. The third-order valence-corrected chi connectivity index (χ3v) is 4.05. The third kappa shape index (κ3) is 7.16. The van der Waals surface area contributed by atoms with Crippen molar-refractivity contribution < 1.29 is 4.74 Å². The van der Waals surface area contributed by atoms with Gasteiger partial charge in [-0.15, -0.1) is 0 Å². The quantitative estimate of drug-likeness (QED) is 0.390. The van der Waals surface area contributed by atoms with Crippen molar-refractivity contribution in [2.24, 2.45) is 15.8 Å². The largest absolute Gasteiger partial charge is 0.380 e. The summed E-state index contributed by atoms with van der Waals surface area (Å²) in [5, 5.41) is 6.80. The minimum atomic E-state index is 0.271. The van der Waals surface area contributed by atoms with Gasteiger partial charge in [-0.2, -0.15) is 0 Å². The maximum Gasteiger partial charge on any atom is 0.191 e. The normalized spacial score (nSPS) is 18.2. The molecule has 1 aliphatic heterocycles. The number of nitrogens with zero attached hydrogens (tertiary/aromatic N) is 1. The van der Waals surface area contributed by atoms with Crippen molar-refractivity contribution in [2.45, 2.75) is 60.3 Å². The van der Waals surface area contributed by atoms with Gasteiger partial charge in [0, 0.05) is 25.0 Å². The summed E-state index contributed by atoms with van der Waals surface area (Å²) in [4.78, 5) is 4.78. The first-order valence-electron chi connectivity index (χ1n) is 8.51. The number of guanidine groups is 1. The molecule has 124 valence electrons. The van der Waals surface area contributed by atoms with E-state index in [1.165, 1.54) is 25.7 Å². The summed E-state index contributed by atoms with van der Waals surface area (Å²) in [5.41, 5.74) is 0.549. The van der Waals surface area contributed by atoms with E-state index in [4.69, 9.17) is 9.73 Å². The van der Waals surface area contributed by atoms with Gasteiger partial charge >= 0.3 is 0 Å². The highest BCUT2D eigenvalue weighted by Gasteiger charge is 2.33. The van der Waals surface area contributed by atoms with Gasteiger partial charge in [0.1, 0.15) is 0 Å². The van der Waals surface area contributed by atoms with Crippen molar-refractivity contribution in [3.8, 4) is 0 Å². The second-order valence-corrected chi connectivity index (χ2v) is 7.47. The summed E-state index contributed by atoms with van der Waals surface area (Å²) < 4.78 is 5.30. The highest BCUT2D eigenvalue weighted by molar-refractivity contribution is 5.79. The van der Waals surface area contributed by atoms with Gasteiger partial charge in [-0.1, -0.05) is 47.0 Å². The highest BCUT2D eigenvalue weighted by atomic mass is 16.5. The van der Waals surface area contributed by atoms with Crippen LogP contribution >= 0.6 is 0 Å². The molecule has 0 amide bonds. The Hall–Kier alpha value is -0.770. The molecule has 0 radical (unpaired) electrons. The zero-order valence-electron chi connectivity index (χ0n) is 14.7. The first-order valence-corrected chi connectivity index (χ1v) is 8.51. The van der Waals surface area contributed by atoms with E-state index in [2.05, 4.69) is 45.3 Å². The fourth-order valence-electron chi connectivity index (χ4n) is 2.42. The molecule has 0 aromatic rings. The van der Waals surface area contributed by atoms with Gasteiger partial charge in [0.25, 0.3) is 0 Å². The molecule has 4 nitrogen and oxygen atoms in total. The van der Waals surface area contributed by atoms with E-state index in [9.17, 15) is 0 Å². The number of hydrogen-bond acceptors (Lipinski definition) is 2. The SMILES string of the molecule is CCCCCC(C)(C)CN=C(NCC)NCC1(C)COC1. The van der Waals surface area contributed by atoms with Crippen molar-refractivity contribution in [3.63, 3.8) is 0 Å². The zero-order chi connectivity index (χ0) is 15.8. The lowest BCUT2D eigenvalue weighted by molar-refractivity contribution is -0.0971. The topological polar surface area (TPSA) is 45.7 Å². The lowest BCUT2D eigenvalue weighted by Gasteiger charge is -2.38. The van der Waals surface area contributed by atoms with Crippen molar-refractivity contribution in [3.05, 3.63) is 0 Å². The number of aliphatic imine (C=N–C) groups is 1. The summed E-state index contributed by atoms with van der Waals surface area (Å²) >= 11 is 0. The maximum absolute atomic E-state index is 5.30. The molecule has 1 rings (SSSR count). The molecule has 2 N–H and O–H groups in total. The van der Waals surface area contributed by atoms with Crippen LogP contribution in [0.1, 0.15) is 60.3 Å². The molecule has 0 unspecified atom stereocenters. The molecule has 4 heteroatoms. The van der Waals surface area contributed by atoms with Crippen LogP contribution in [0.25, 0.3) is 0 Å². The number of hydrogen-bond donors (Lipinski definition) is 2. The van der Waals surface area contributed by atoms with E-state index < -0.39 is 0 Å². The van der Waals surface area contributed by atoms with Gasteiger partial charge in [-0.25, -0.2) is 0 Å². The lowest BCUT2D eigenvalue weighted by Crippen LogP contribution is -2.51. The lowest BCUT2D eigenvalue weighted by atomic mass is 9.87. The Bertz CT molecular complexity index is 322.